The third-order valence-electron chi connectivity index (χ3n) is 2.80. The van der Waals surface area contributed by atoms with Crippen LogP contribution in [0, 0.1) is 27.7 Å². The summed E-state index contributed by atoms with van der Waals surface area (Å²) in [6.07, 6.45) is 0. The minimum atomic E-state index is -1.41. The van der Waals surface area contributed by atoms with Crippen LogP contribution in [0.5, 0.6) is 0 Å². The Morgan fingerprint density at radius 2 is 1.95 bits per heavy atom. The van der Waals surface area contributed by atoms with Gasteiger partial charge in [-0.15, -0.1) is 0 Å². The van der Waals surface area contributed by atoms with E-state index >= 15 is 0 Å². The number of carbonyl (C=O) groups excluding carboxylic acids is 1. The lowest BCUT2D eigenvalue weighted by atomic mass is 10.0. The number of benzene rings is 1. The van der Waals surface area contributed by atoms with Gasteiger partial charge in [0.2, 0.25) is 0 Å². The molecule has 0 saturated heterocycles. The van der Waals surface area contributed by atoms with Crippen molar-refractivity contribution in [3.8, 4) is 0 Å². The fraction of sp³-hybridized carbons (Fsp3) is 0.417. The zero-order valence-corrected chi connectivity index (χ0v) is 10.9. The van der Waals surface area contributed by atoms with Crippen LogP contribution in [0.1, 0.15) is 24.2 Å². The van der Waals surface area contributed by atoms with Crippen LogP contribution in [0.15, 0.2) is 12.1 Å². The highest BCUT2D eigenvalue weighted by Crippen LogP contribution is 2.22. The SMILES string of the molecule is CC(C)C(CO)NC(=O)c1cc(F)c(F)cc1[N+](=O)[O-]. The topological polar surface area (TPSA) is 92.5 Å². The molecule has 2 N–H and O–H groups in total. The Kier molecular flexibility index (Phi) is 5.09. The van der Waals surface area contributed by atoms with Gasteiger partial charge in [-0.3, -0.25) is 14.9 Å². The highest BCUT2D eigenvalue weighted by molar-refractivity contribution is 5.98. The number of aliphatic hydroxyl groups excluding tert-OH is 1. The third kappa shape index (κ3) is 3.47. The van der Waals surface area contributed by atoms with Gasteiger partial charge < -0.3 is 10.4 Å². The number of nitrogens with one attached hydrogen (secondary N) is 1. The number of rotatable bonds is 5. The normalized spacial score (nSPS) is 12.3. The largest absolute Gasteiger partial charge is 0.394 e. The number of nitrogens with zero attached hydrogens (tertiary/aromatic N) is 1. The quantitative estimate of drug-likeness (QED) is 0.636. The van der Waals surface area contributed by atoms with Crippen LogP contribution in [0.4, 0.5) is 14.5 Å². The molecule has 0 bridgehead atoms. The summed E-state index contributed by atoms with van der Waals surface area (Å²) in [5, 5.41) is 22.2. The first-order chi connectivity index (χ1) is 9.27. The Hall–Kier alpha value is -2.09. The van der Waals surface area contributed by atoms with E-state index in [1.165, 1.54) is 0 Å². The van der Waals surface area contributed by atoms with E-state index in [9.17, 15) is 23.7 Å². The Balaban J connectivity index is 3.15. The first-order valence-corrected chi connectivity index (χ1v) is 5.83. The van der Waals surface area contributed by atoms with Gasteiger partial charge >= 0.3 is 0 Å². The van der Waals surface area contributed by atoms with E-state index in [-0.39, 0.29) is 12.5 Å². The molecule has 1 amide bonds. The smallest absolute Gasteiger partial charge is 0.285 e. The highest BCUT2D eigenvalue weighted by Gasteiger charge is 2.26. The van der Waals surface area contributed by atoms with Crippen molar-refractivity contribution in [2.45, 2.75) is 19.9 Å². The van der Waals surface area contributed by atoms with Crippen LogP contribution in [0.25, 0.3) is 0 Å². The maximum Gasteiger partial charge on any atom is 0.285 e. The van der Waals surface area contributed by atoms with Crippen molar-refractivity contribution in [2.75, 3.05) is 6.61 Å². The second kappa shape index (κ2) is 6.38. The van der Waals surface area contributed by atoms with Gasteiger partial charge in [0.25, 0.3) is 11.6 Å². The average Bonchev–Trinajstić information content (AvgIpc) is 2.37. The standard InChI is InChI=1S/C12H14F2N2O4/c1-6(2)10(5-17)15-12(18)7-3-8(13)9(14)4-11(7)16(19)20/h3-4,6,10,17H,5H2,1-2H3,(H,15,18). The predicted molar refractivity (Wildman–Crippen MR) is 66.2 cm³/mol. The van der Waals surface area contributed by atoms with Crippen LogP contribution < -0.4 is 5.32 Å². The monoisotopic (exact) mass is 288 g/mol. The van der Waals surface area contributed by atoms with Gasteiger partial charge in [-0.2, -0.15) is 0 Å². The Morgan fingerprint density at radius 3 is 2.40 bits per heavy atom. The Bertz CT molecular complexity index is 534. The summed E-state index contributed by atoms with van der Waals surface area (Å²) in [7, 11) is 0. The molecule has 20 heavy (non-hydrogen) atoms. The minimum Gasteiger partial charge on any atom is -0.394 e. The van der Waals surface area contributed by atoms with E-state index in [4.69, 9.17) is 5.11 Å². The van der Waals surface area contributed by atoms with Gasteiger partial charge in [0.1, 0.15) is 5.56 Å². The van der Waals surface area contributed by atoms with Gasteiger partial charge in [-0.1, -0.05) is 13.8 Å². The number of nitro benzene ring substituents is 1. The predicted octanol–water partition coefficient (Wildman–Crippen LogP) is 1.62. The van der Waals surface area contributed by atoms with E-state index in [1.54, 1.807) is 13.8 Å². The highest BCUT2D eigenvalue weighted by atomic mass is 19.2. The van der Waals surface area contributed by atoms with Gasteiger partial charge in [0.15, 0.2) is 11.6 Å². The molecule has 8 heteroatoms. The van der Waals surface area contributed by atoms with Gasteiger partial charge in [0, 0.05) is 0 Å². The lowest BCUT2D eigenvalue weighted by molar-refractivity contribution is -0.385. The fourth-order valence-corrected chi connectivity index (χ4v) is 1.54. The van der Waals surface area contributed by atoms with Crippen molar-refractivity contribution in [3.63, 3.8) is 0 Å². The summed E-state index contributed by atoms with van der Waals surface area (Å²) in [5.41, 5.74) is -1.42. The number of nitro groups is 1. The molecule has 1 rings (SSSR count). The molecule has 6 nitrogen and oxygen atoms in total. The van der Waals surface area contributed by atoms with Gasteiger partial charge in [0.05, 0.1) is 23.6 Å². The van der Waals surface area contributed by atoms with Crippen molar-refractivity contribution in [3.05, 3.63) is 39.4 Å². The van der Waals surface area contributed by atoms with E-state index in [2.05, 4.69) is 5.32 Å². The average molecular weight is 288 g/mol. The first-order valence-electron chi connectivity index (χ1n) is 5.83. The molecule has 0 spiro atoms. The second-order valence-corrected chi connectivity index (χ2v) is 4.55. The van der Waals surface area contributed by atoms with E-state index in [1.807, 2.05) is 0 Å². The first kappa shape index (κ1) is 16.0. The summed E-state index contributed by atoms with van der Waals surface area (Å²) < 4.78 is 26.1. The molecular formula is C12H14F2N2O4. The number of hydrogen-bond donors (Lipinski definition) is 2. The maximum atomic E-state index is 13.1. The third-order valence-corrected chi connectivity index (χ3v) is 2.80. The molecule has 1 atom stereocenters. The number of hydrogen-bond acceptors (Lipinski definition) is 4. The summed E-state index contributed by atoms with van der Waals surface area (Å²) >= 11 is 0. The minimum absolute atomic E-state index is 0.131. The zero-order chi connectivity index (χ0) is 15.4. The van der Waals surface area contributed by atoms with Gasteiger partial charge in [-0.05, 0) is 12.0 Å². The summed E-state index contributed by atoms with van der Waals surface area (Å²) in [6.45, 7) is 3.07. The summed E-state index contributed by atoms with van der Waals surface area (Å²) in [5.74, 6) is -3.83. The van der Waals surface area contributed by atoms with Gasteiger partial charge in [-0.25, -0.2) is 8.78 Å². The van der Waals surface area contributed by atoms with Crippen LogP contribution >= 0.6 is 0 Å². The van der Waals surface area contributed by atoms with Crippen LogP contribution in [0.2, 0.25) is 0 Å². The summed E-state index contributed by atoms with van der Waals surface area (Å²) in [6, 6.07) is 0.181. The van der Waals surface area contributed by atoms with Crippen molar-refractivity contribution < 1.29 is 23.6 Å². The molecule has 1 aromatic carbocycles. The molecule has 0 aromatic heterocycles. The maximum absolute atomic E-state index is 13.1. The lowest BCUT2D eigenvalue weighted by Crippen LogP contribution is -2.41. The fourth-order valence-electron chi connectivity index (χ4n) is 1.54. The molecule has 0 fully saturated rings. The van der Waals surface area contributed by atoms with Crippen molar-refractivity contribution in [2.24, 2.45) is 5.92 Å². The molecule has 0 radical (unpaired) electrons. The van der Waals surface area contributed by atoms with Crippen LogP contribution in [-0.2, 0) is 0 Å². The van der Waals surface area contributed by atoms with E-state index in [0.29, 0.717) is 12.1 Å². The number of halogens is 2. The Labute approximate surface area is 113 Å². The van der Waals surface area contributed by atoms with Crippen molar-refractivity contribution in [1.82, 2.24) is 5.32 Å². The number of aliphatic hydroxyl groups is 1. The second-order valence-electron chi connectivity index (χ2n) is 4.55. The molecule has 110 valence electrons. The summed E-state index contributed by atoms with van der Waals surface area (Å²) in [4.78, 5) is 21.7. The number of amides is 1. The lowest BCUT2D eigenvalue weighted by Gasteiger charge is -2.19. The van der Waals surface area contributed by atoms with E-state index < -0.39 is 39.8 Å². The van der Waals surface area contributed by atoms with Crippen LogP contribution in [0.3, 0.4) is 0 Å². The molecule has 0 aliphatic heterocycles. The van der Waals surface area contributed by atoms with Crippen LogP contribution in [-0.4, -0.2) is 28.6 Å². The van der Waals surface area contributed by atoms with Crippen molar-refractivity contribution in [1.29, 1.82) is 0 Å². The molecule has 1 unspecified atom stereocenters. The molecule has 0 aliphatic rings. The Morgan fingerprint density at radius 1 is 1.40 bits per heavy atom. The van der Waals surface area contributed by atoms with E-state index in [0.717, 1.165) is 0 Å². The molecule has 0 saturated carbocycles. The number of carbonyl (C=O) groups is 1. The molecule has 1 aromatic rings. The molecule has 0 aliphatic carbocycles. The van der Waals surface area contributed by atoms with Crippen molar-refractivity contribution >= 4 is 11.6 Å². The zero-order valence-electron chi connectivity index (χ0n) is 10.9. The molecular weight excluding hydrogens is 274 g/mol. The molecule has 0 heterocycles.